The van der Waals surface area contributed by atoms with E-state index in [1.54, 1.807) is 19.2 Å². The topological polar surface area (TPSA) is 69.1 Å². The number of methoxy groups -OCH3 is 1. The van der Waals surface area contributed by atoms with E-state index in [2.05, 4.69) is 53.6 Å². The molecular weight excluding hydrogens is 491 g/mol. The fraction of sp³-hybridized carbons (Fsp3) is 0.435. The van der Waals surface area contributed by atoms with Gasteiger partial charge in [0.1, 0.15) is 0 Å². The van der Waals surface area contributed by atoms with E-state index in [9.17, 15) is 5.11 Å². The molecule has 1 heterocycles. The normalized spacial score (nSPS) is 16.6. The standard InChI is InChI=1S/C23H32N4O2.HI/c1-4-24-23(25-15-18-9-12-22(29-3)21(28)14-18)26-19-6-5-13-27(16-19)20-10-7-17(2)8-11-20;/h7-12,14,19,28H,4-6,13,15-16H2,1-3H3,(H2,24,25,26);1H. The number of phenolic OH excluding ortho intramolecular Hbond substituents is 1. The number of nitrogens with zero attached hydrogens (tertiary/aromatic N) is 2. The first-order valence-corrected chi connectivity index (χ1v) is 10.3. The van der Waals surface area contributed by atoms with Crippen LogP contribution in [0.4, 0.5) is 5.69 Å². The number of aliphatic imine (C=N–C) groups is 1. The molecule has 1 aliphatic heterocycles. The molecule has 3 rings (SSSR count). The summed E-state index contributed by atoms with van der Waals surface area (Å²) in [6, 6.07) is 14.5. The van der Waals surface area contributed by atoms with Gasteiger partial charge in [-0.15, -0.1) is 24.0 Å². The molecule has 2 aromatic carbocycles. The number of phenols is 1. The number of piperidine rings is 1. The Morgan fingerprint density at radius 1 is 1.23 bits per heavy atom. The second kappa shape index (κ2) is 11.9. The van der Waals surface area contributed by atoms with Crippen molar-refractivity contribution in [2.24, 2.45) is 4.99 Å². The van der Waals surface area contributed by atoms with Gasteiger partial charge in [0.25, 0.3) is 0 Å². The van der Waals surface area contributed by atoms with Gasteiger partial charge in [0.05, 0.1) is 13.7 Å². The summed E-state index contributed by atoms with van der Waals surface area (Å²) < 4.78 is 5.10. The van der Waals surface area contributed by atoms with Gasteiger partial charge in [0.2, 0.25) is 0 Å². The number of aromatic hydroxyl groups is 1. The molecule has 164 valence electrons. The minimum absolute atomic E-state index is 0. The number of guanidine groups is 1. The summed E-state index contributed by atoms with van der Waals surface area (Å²) in [5.74, 6) is 1.42. The van der Waals surface area contributed by atoms with Gasteiger partial charge in [-0.05, 0) is 56.5 Å². The van der Waals surface area contributed by atoms with Crippen LogP contribution in [0, 0.1) is 6.92 Å². The monoisotopic (exact) mass is 524 g/mol. The largest absolute Gasteiger partial charge is 0.504 e. The lowest BCUT2D eigenvalue weighted by Crippen LogP contribution is -2.51. The summed E-state index contributed by atoms with van der Waals surface area (Å²) in [4.78, 5) is 7.14. The molecule has 3 N–H and O–H groups in total. The van der Waals surface area contributed by atoms with Crippen molar-refractivity contribution in [2.75, 3.05) is 31.6 Å². The van der Waals surface area contributed by atoms with Gasteiger partial charge in [-0.25, -0.2) is 4.99 Å². The van der Waals surface area contributed by atoms with Gasteiger partial charge >= 0.3 is 0 Å². The maximum atomic E-state index is 9.97. The van der Waals surface area contributed by atoms with Crippen LogP contribution in [0.2, 0.25) is 0 Å². The van der Waals surface area contributed by atoms with Gasteiger partial charge in [0.15, 0.2) is 17.5 Å². The number of halogens is 1. The molecule has 0 aromatic heterocycles. The molecule has 7 heteroatoms. The minimum atomic E-state index is 0. The zero-order chi connectivity index (χ0) is 20.6. The highest BCUT2D eigenvalue weighted by atomic mass is 127. The highest BCUT2D eigenvalue weighted by molar-refractivity contribution is 14.0. The number of nitrogens with one attached hydrogen (secondary N) is 2. The van der Waals surface area contributed by atoms with Crippen molar-refractivity contribution < 1.29 is 9.84 Å². The Morgan fingerprint density at radius 3 is 2.67 bits per heavy atom. The fourth-order valence-electron chi connectivity index (χ4n) is 3.60. The first kappa shape index (κ1) is 24.1. The van der Waals surface area contributed by atoms with Crippen molar-refractivity contribution in [3.05, 3.63) is 53.6 Å². The third kappa shape index (κ3) is 6.68. The van der Waals surface area contributed by atoms with Crippen LogP contribution < -0.4 is 20.3 Å². The molecule has 1 atom stereocenters. The first-order valence-electron chi connectivity index (χ1n) is 10.3. The first-order chi connectivity index (χ1) is 14.1. The van der Waals surface area contributed by atoms with Gasteiger partial charge in [-0.3, -0.25) is 0 Å². The summed E-state index contributed by atoms with van der Waals surface area (Å²) in [7, 11) is 1.55. The van der Waals surface area contributed by atoms with E-state index in [4.69, 9.17) is 9.73 Å². The molecule has 1 fully saturated rings. The van der Waals surface area contributed by atoms with Gasteiger partial charge in [-0.2, -0.15) is 0 Å². The number of aryl methyl sites for hydroxylation is 1. The lowest BCUT2D eigenvalue weighted by atomic mass is 10.0. The Balaban J connectivity index is 0.00000320. The van der Waals surface area contributed by atoms with Crippen molar-refractivity contribution in [2.45, 2.75) is 39.3 Å². The summed E-state index contributed by atoms with van der Waals surface area (Å²) >= 11 is 0. The smallest absolute Gasteiger partial charge is 0.191 e. The van der Waals surface area contributed by atoms with E-state index in [-0.39, 0.29) is 29.7 Å². The molecule has 0 radical (unpaired) electrons. The van der Waals surface area contributed by atoms with Gasteiger partial charge in [-0.1, -0.05) is 23.8 Å². The number of hydrogen-bond acceptors (Lipinski definition) is 4. The van der Waals surface area contributed by atoms with Crippen LogP contribution in [0.3, 0.4) is 0 Å². The highest BCUT2D eigenvalue weighted by Gasteiger charge is 2.21. The fourth-order valence-corrected chi connectivity index (χ4v) is 3.60. The molecule has 1 saturated heterocycles. The lowest BCUT2D eigenvalue weighted by molar-refractivity contribution is 0.373. The molecule has 1 aliphatic rings. The third-order valence-electron chi connectivity index (χ3n) is 5.17. The number of ether oxygens (including phenoxy) is 1. The molecule has 0 saturated carbocycles. The van der Waals surface area contributed by atoms with Crippen LogP contribution in [0.15, 0.2) is 47.5 Å². The van der Waals surface area contributed by atoms with Crippen LogP contribution in [-0.2, 0) is 6.54 Å². The summed E-state index contributed by atoms with van der Waals surface area (Å²) in [6.07, 6.45) is 2.27. The number of benzene rings is 2. The maximum Gasteiger partial charge on any atom is 0.191 e. The van der Waals surface area contributed by atoms with E-state index in [0.29, 0.717) is 18.3 Å². The minimum Gasteiger partial charge on any atom is -0.504 e. The number of hydrogen-bond donors (Lipinski definition) is 3. The van der Waals surface area contributed by atoms with E-state index in [1.807, 2.05) is 6.07 Å². The molecule has 6 nitrogen and oxygen atoms in total. The second-order valence-electron chi connectivity index (χ2n) is 7.47. The highest BCUT2D eigenvalue weighted by Crippen LogP contribution is 2.26. The quantitative estimate of drug-likeness (QED) is 0.302. The Hall–Kier alpha value is -2.16. The predicted molar refractivity (Wildman–Crippen MR) is 134 cm³/mol. The zero-order valence-corrected chi connectivity index (χ0v) is 20.3. The molecule has 0 aliphatic carbocycles. The Morgan fingerprint density at radius 2 is 2.00 bits per heavy atom. The van der Waals surface area contributed by atoms with E-state index < -0.39 is 0 Å². The Bertz CT molecular complexity index is 826. The van der Waals surface area contributed by atoms with Crippen molar-refractivity contribution in [3.8, 4) is 11.5 Å². The van der Waals surface area contributed by atoms with E-state index in [0.717, 1.165) is 44.0 Å². The van der Waals surface area contributed by atoms with Gasteiger partial charge < -0.3 is 25.4 Å². The summed E-state index contributed by atoms with van der Waals surface area (Å²) in [5.41, 5.74) is 3.50. The van der Waals surface area contributed by atoms with Crippen LogP contribution in [0.1, 0.15) is 30.9 Å². The Labute approximate surface area is 196 Å². The van der Waals surface area contributed by atoms with Crippen molar-refractivity contribution >= 4 is 35.6 Å². The third-order valence-corrected chi connectivity index (χ3v) is 5.17. The molecule has 2 aromatic rings. The molecular formula is C23H33IN4O2. The van der Waals surface area contributed by atoms with Crippen LogP contribution >= 0.6 is 24.0 Å². The van der Waals surface area contributed by atoms with Gasteiger partial charge in [0, 0.05) is 31.4 Å². The van der Waals surface area contributed by atoms with Crippen LogP contribution in [0.25, 0.3) is 0 Å². The van der Waals surface area contributed by atoms with Crippen molar-refractivity contribution in [1.82, 2.24) is 10.6 Å². The van der Waals surface area contributed by atoms with Crippen LogP contribution in [-0.4, -0.2) is 43.9 Å². The average molecular weight is 524 g/mol. The average Bonchev–Trinajstić information content (AvgIpc) is 2.73. The Kier molecular flexibility index (Phi) is 9.55. The van der Waals surface area contributed by atoms with Crippen LogP contribution in [0.5, 0.6) is 11.5 Å². The van der Waals surface area contributed by atoms with E-state index >= 15 is 0 Å². The predicted octanol–water partition coefficient (Wildman–Crippen LogP) is 4.05. The lowest BCUT2D eigenvalue weighted by Gasteiger charge is -2.35. The maximum absolute atomic E-state index is 9.97. The molecule has 0 bridgehead atoms. The second-order valence-corrected chi connectivity index (χ2v) is 7.47. The molecule has 0 spiro atoms. The zero-order valence-electron chi connectivity index (χ0n) is 18.0. The molecule has 0 amide bonds. The van der Waals surface area contributed by atoms with Crippen molar-refractivity contribution in [1.29, 1.82) is 0 Å². The summed E-state index contributed by atoms with van der Waals surface area (Å²) in [5, 5.41) is 16.9. The van der Waals surface area contributed by atoms with E-state index in [1.165, 1.54) is 11.3 Å². The molecule has 30 heavy (non-hydrogen) atoms. The SMILES string of the molecule is CCNC(=NCc1ccc(OC)c(O)c1)NC1CCCN(c2ccc(C)cc2)C1.I. The number of anilines is 1. The molecule has 1 unspecified atom stereocenters. The number of rotatable bonds is 6. The van der Waals surface area contributed by atoms with Crippen molar-refractivity contribution in [3.63, 3.8) is 0 Å². The summed E-state index contributed by atoms with van der Waals surface area (Å²) in [6.45, 7) is 7.51.